The highest BCUT2D eigenvalue weighted by atomic mass is 16.5. The van der Waals surface area contributed by atoms with E-state index >= 15 is 0 Å². The van der Waals surface area contributed by atoms with Crippen molar-refractivity contribution in [2.24, 2.45) is 5.92 Å². The van der Waals surface area contributed by atoms with Crippen LogP contribution in [0.1, 0.15) is 35.3 Å². The predicted molar refractivity (Wildman–Crippen MR) is 78.5 cm³/mol. The monoisotopic (exact) mass is 263 g/mol. The Morgan fingerprint density at radius 3 is 2.26 bits per heavy atom. The largest absolute Gasteiger partial charge is 0.383 e. The average molecular weight is 263 g/mol. The molecule has 0 aromatic heterocycles. The number of benzene rings is 1. The third kappa shape index (κ3) is 5.03. The molecule has 0 N–H and O–H groups in total. The maximum absolute atomic E-state index is 12.6. The van der Waals surface area contributed by atoms with Gasteiger partial charge in [-0.15, -0.1) is 0 Å². The van der Waals surface area contributed by atoms with Crippen molar-refractivity contribution in [3.05, 3.63) is 34.9 Å². The molecule has 0 aliphatic carbocycles. The minimum absolute atomic E-state index is 0.0950. The van der Waals surface area contributed by atoms with Crippen LogP contribution in [-0.4, -0.2) is 37.6 Å². The molecule has 3 heteroatoms. The van der Waals surface area contributed by atoms with Gasteiger partial charge in [0.2, 0.25) is 0 Å². The first kappa shape index (κ1) is 15.7. The summed E-state index contributed by atoms with van der Waals surface area (Å²) in [4.78, 5) is 14.4. The normalized spacial score (nSPS) is 10.8. The summed E-state index contributed by atoms with van der Waals surface area (Å²) < 4.78 is 5.09. The highest BCUT2D eigenvalue weighted by Crippen LogP contribution is 2.12. The number of carbonyl (C=O) groups excluding carboxylic acids is 1. The van der Waals surface area contributed by atoms with Gasteiger partial charge in [-0.25, -0.2) is 0 Å². The number of ether oxygens (including phenoxy) is 1. The van der Waals surface area contributed by atoms with Gasteiger partial charge in [-0.3, -0.25) is 4.79 Å². The Bertz CT molecular complexity index is 407. The molecule has 1 aromatic rings. The van der Waals surface area contributed by atoms with Crippen LogP contribution in [0.3, 0.4) is 0 Å². The van der Waals surface area contributed by atoms with Crippen LogP contribution in [0.2, 0.25) is 0 Å². The zero-order chi connectivity index (χ0) is 14.4. The first-order valence-electron chi connectivity index (χ1n) is 6.80. The molecule has 1 aromatic carbocycles. The van der Waals surface area contributed by atoms with Gasteiger partial charge in [0.1, 0.15) is 0 Å². The molecule has 0 saturated heterocycles. The van der Waals surface area contributed by atoms with Gasteiger partial charge in [0.05, 0.1) is 6.61 Å². The summed E-state index contributed by atoms with van der Waals surface area (Å²) in [6, 6.07) is 5.99. The molecular weight excluding hydrogens is 238 g/mol. The highest BCUT2D eigenvalue weighted by molar-refractivity contribution is 5.94. The Hall–Kier alpha value is -1.35. The van der Waals surface area contributed by atoms with Crippen molar-refractivity contribution in [3.8, 4) is 0 Å². The lowest BCUT2D eigenvalue weighted by molar-refractivity contribution is 0.0672. The van der Waals surface area contributed by atoms with E-state index < -0.39 is 0 Å². The fourth-order valence-electron chi connectivity index (χ4n) is 2.20. The molecule has 106 valence electrons. The van der Waals surface area contributed by atoms with Crippen molar-refractivity contribution >= 4 is 5.91 Å². The maximum atomic E-state index is 12.6. The number of nitrogens with zero attached hydrogens (tertiary/aromatic N) is 1. The fourth-order valence-corrected chi connectivity index (χ4v) is 2.20. The van der Waals surface area contributed by atoms with Gasteiger partial charge in [0.15, 0.2) is 0 Å². The number of rotatable bonds is 6. The Balaban J connectivity index is 2.90. The molecule has 0 bridgehead atoms. The van der Waals surface area contributed by atoms with Crippen molar-refractivity contribution in [1.82, 2.24) is 4.90 Å². The number of amides is 1. The van der Waals surface area contributed by atoms with E-state index in [1.165, 1.54) is 0 Å². The molecule has 3 nitrogen and oxygen atoms in total. The summed E-state index contributed by atoms with van der Waals surface area (Å²) in [5.74, 6) is 0.546. The standard InChI is InChI=1S/C16H25NO2/c1-12(2)11-17(6-7-19-5)16(18)15-9-13(3)8-14(4)10-15/h8-10,12H,6-7,11H2,1-5H3. The first-order valence-corrected chi connectivity index (χ1v) is 6.80. The van der Waals surface area contributed by atoms with Gasteiger partial charge in [0, 0.05) is 25.8 Å². The van der Waals surface area contributed by atoms with E-state index in [2.05, 4.69) is 19.9 Å². The molecule has 1 rings (SSSR count). The van der Waals surface area contributed by atoms with Crippen molar-refractivity contribution in [3.63, 3.8) is 0 Å². The number of hydrogen-bond acceptors (Lipinski definition) is 2. The molecule has 19 heavy (non-hydrogen) atoms. The summed E-state index contributed by atoms with van der Waals surface area (Å²) in [5, 5.41) is 0. The molecule has 0 radical (unpaired) electrons. The Kier molecular flexibility index (Phi) is 6.03. The first-order chi connectivity index (χ1) is 8.93. The maximum Gasteiger partial charge on any atom is 0.253 e. The SMILES string of the molecule is COCCN(CC(C)C)C(=O)c1cc(C)cc(C)c1. The van der Waals surface area contributed by atoms with Crippen LogP contribution < -0.4 is 0 Å². The van der Waals surface area contributed by atoms with Crippen LogP contribution in [0, 0.1) is 19.8 Å². The molecule has 0 atom stereocenters. The molecular formula is C16H25NO2. The van der Waals surface area contributed by atoms with E-state index in [1.807, 2.05) is 30.9 Å². The third-order valence-electron chi connectivity index (χ3n) is 2.91. The van der Waals surface area contributed by atoms with Crippen molar-refractivity contribution < 1.29 is 9.53 Å². The molecule has 0 aliphatic rings. The second kappa shape index (κ2) is 7.29. The smallest absolute Gasteiger partial charge is 0.253 e. The minimum atomic E-state index is 0.0950. The van der Waals surface area contributed by atoms with Crippen LogP contribution in [0.4, 0.5) is 0 Å². The van der Waals surface area contributed by atoms with Crippen LogP contribution in [0.5, 0.6) is 0 Å². The molecule has 0 heterocycles. The van der Waals surface area contributed by atoms with Crippen molar-refractivity contribution in [2.75, 3.05) is 26.8 Å². The van der Waals surface area contributed by atoms with E-state index in [0.29, 0.717) is 19.1 Å². The average Bonchev–Trinajstić information content (AvgIpc) is 2.32. The second-order valence-electron chi connectivity index (χ2n) is 5.51. The predicted octanol–water partition coefficient (Wildman–Crippen LogP) is 3.05. The van der Waals surface area contributed by atoms with Gasteiger partial charge in [-0.1, -0.05) is 31.0 Å². The zero-order valence-electron chi connectivity index (χ0n) is 12.7. The van der Waals surface area contributed by atoms with Crippen LogP contribution >= 0.6 is 0 Å². The van der Waals surface area contributed by atoms with Crippen LogP contribution in [0.25, 0.3) is 0 Å². The Morgan fingerprint density at radius 1 is 1.21 bits per heavy atom. The Morgan fingerprint density at radius 2 is 1.79 bits per heavy atom. The third-order valence-corrected chi connectivity index (χ3v) is 2.91. The second-order valence-corrected chi connectivity index (χ2v) is 5.51. The quantitative estimate of drug-likeness (QED) is 0.789. The molecule has 0 saturated carbocycles. The van der Waals surface area contributed by atoms with Crippen molar-refractivity contribution in [2.45, 2.75) is 27.7 Å². The lowest BCUT2D eigenvalue weighted by Gasteiger charge is -2.24. The van der Waals surface area contributed by atoms with Crippen LogP contribution in [-0.2, 0) is 4.74 Å². The highest BCUT2D eigenvalue weighted by Gasteiger charge is 2.17. The van der Waals surface area contributed by atoms with Gasteiger partial charge >= 0.3 is 0 Å². The topological polar surface area (TPSA) is 29.5 Å². The lowest BCUT2D eigenvalue weighted by atomic mass is 10.1. The molecule has 0 spiro atoms. The lowest BCUT2D eigenvalue weighted by Crippen LogP contribution is -2.36. The number of methoxy groups -OCH3 is 1. The molecule has 0 aliphatic heterocycles. The fraction of sp³-hybridized carbons (Fsp3) is 0.562. The van der Waals surface area contributed by atoms with Crippen LogP contribution in [0.15, 0.2) is 18.2 Å². The van der Waals surface area contributed by atoms with E-state index in [9.17, 15) is 4.79 Å². The summed E-state index contributed by atoms with van der Waals surface area (Å²) in [5.41, 5.74) is 3.02. The van der Waals surface area contributed by atoms with E-state index in [1.54, 1.807) is 7.11 Å². The molecule has 1 amide bonds. The summed E-state index contributed by atoms with van der Waals surface area (Å²) in [6.07, 6.45) is 0. The van der Waals surface area contributed by atoms with Gasteiger partial charge in [0.25, 0.3) is 5.91 Å². The Labute approximate surface area is 116 Å². The number of hydrogen-bond donors (Lipinski definition) is 0. The summed E-state index contributed by atoms with van der Waals surface area (Å²) in [7, 11) is 1.66. The number of aryl methyl sites for hydroxylation is 2. The molecule has 0 fully saturated rings. The summed E-state index contributed by atoms with van der Waals surface area (Å²) >= 11 is 0. The van der Waals surface area contributed by atoms with Gasteiger partial charge in [-0.2, -0.15) is 0 Å². The van der Waals surface area contributed by atoms with Gasteiger partial charge in [-0.05, 0) is 31.9 Å². The van der Waals surface area contributed by atoms with E-state index in [-0.39, 0.29) is 5.91 Å². The van der Waals surface area contributed by atoms with E-state index in [4.69, 9.17) is 4.74 Å². The van der Waals surface area contributed by atoms with Gasteiger partial charge < -0.3 is 9.64 Å². The summed E-state index contributed by atoms with van der Waals surface area (Å²) in [6.45, 7) is 10.2. The zero-order valence-corrected chi connectivity index (χ0v) is 12.7. The van der Waals surface area contributed by atoms with Crippen molar-refractivity contribution in [1.29, 1.82) is 0 Å². The van der Waals surface area contributed by atoms with E-state index in [0.717, 1.165) is 23.2 Å². The molecule has 0 unspecified atom stereocenters. The number of carbonyl (C=O) groups is 1. The minimum Gasteiger partial charge on any atom is -0.383 e.